The van der Waals surface area contributed by atoms with Crippen molar-refractivity contribution in [3.8, 4) is 0 Å². The van der Waals surface area contributed by atoms with Crippen molar-refractivity contribution in [2.75, 3.05) is 18.8 Å². The van der Waals surface area contributed by atoms with E-state index in [9.17, 15) is 14.9 Å². The van der Waals surface area contributed by atoms with Crippen molar-refractivity contribution < 1.29 is 9.72 Å². The molecule has 1 aliphatic heterocycles. The number of amides is 1. The Morgan fingerprint density at radius 3 is 2.67 bits per heavy atom. The molecule has 6 nitrogen and oxygen atoms in total. The molecule has 1 aliphatic rings. The van der Waals surface area contributed by atoms with Crippen LogP contribution in [0.15, 0.2) is 18.2 Å². The zero-order valence-corrected chi connectivity index (χ0v) is 12.2. The molecule has 0 aromatic heterocycles. The monoisotopic (exact) mass is 291 g/mol. The summed E-state index contributed by atoms with van der Waals surface area (Å²) in [6.07, 6.45) is 4.27. The fourth-order valence-electron chi connectivity index (χ4n) is 2.89. The van der Waals surface area contributed by atoms with Crippen molar-refractivity contribution in [3.63, 3.8) is 0 Å². The molecule has 0 spiro atoms. The Labute approximate surface area is 124 Å². The van der Waals surface area contributed by atoms with Crippen LogP contribution in [0.25, 0.3) is 0 Å². The number of piperidine rings is 1. The lowest BCUT2D eigenvalue weighted by Crippen LogP contribution is -2.38. The average molecular weight is 291 g/mol. The summed E-state index contributed by atoms with van der Waals surface area (Å²) in [7, 11) is 0. The van der Waals surface area contributed by atoms with E-state index >= 15 is 0 Å². The van der Waals surface area contributed by atoms with Crippen LogP contribution in [0.2, 0.25) is 0 Å². The minimum atomic E-state index is -0.531. The molecule has 6 heteroatoms. The highest BCUT2D eigenvalue weighted by Crippen LogP contribution is 2.26. The molecule has 2 rings (SSSR count). The first-order valence-corrected chi connectivity index (χ1v) is 7.36. The lowest BCUT2D eigenvalue weighted by Gasteiger charge is -2.31. The smallest absolute Gasteiger partial charge is 0.282 e. The van der Waals surface area contributed by atoms with Crippen LogP contribution in [0.4, 0.5) is 11.4 Å². The summed E-state index contributed by atoms with van der Waals surface area (Å²) >= 11 is 0. The zero-order valence-electron chi connectivity index (χ0n) is 12.2. The van der Waals surface area contributed by atoms with Gasteiger partial charge >= 0.3 is 0 Å². The second-order valence-corrected chi connectivity index (χ2v) is 5.56. The Balaban J connectivity index is 2.14. The van der Waals surface area contributed by atoms with E-state index in [1.807, 2.05) is 0 Å². The van der Waals surface area contributed by atoms with Gasteiger partial charge in [-0.05, 0) is 30.9 Å². The Bertz CT molecular complexity index is 537. The highest BCUT2D eigenvalue weighted by atomic mass is 16.6. The summed E-state index contributed by atoms with van der Waals surface area (Å²) in [5.74, 6) is 0.374. The van der Waals surface area contributed by atoms with E-state index in [4.69, 9.17) is 5.73 Å². The first-order chi connectivity index (χ1) is 10.0. The number of hydrogen-bond donors (Lipinski definition) is 1. The maximum Gasteiger partial charge on any atom is 0.282 e. The summed E-state index contributed by atoms with van der Waals surface area (Å²) in [5.41, 5.74) is 5.94. The van der Waals surface area contributed by atoms with Gasteiger partial charge in [0, 0.05) is 24.8 Å². The highest BCUT2D eigenvalue weighted by molar-refractivity contribution is 5.99. The van der Waals surface area contributed by atoms with E-state index in [-0.39, 0.29) is 17.2 Å². The van der Waals surface area contributed by atoms with Crippen molar-refractivity contribution >= 4 is 17.3 Å². The topological polar surface area (TPSA) is 89.5 Å². The molecule has 0 atom stereocenters. The van der Waals surface area contributed by atoms with E-state index < -0.39 is 4.92 Å². The van der Waals surface area contributed by atoms with Crippen LogP contribution < -0.4 is 5.73 Å². The molecule has 1 saturated heterocycles. The fourth-order valence-corrected chi connectivity index (χ4v) is 2.89. The predicted octanol–water partition coefficient (Wildman–Crippen LogP) is 2.83. The van der Waals surface area contributed by atoms with Gasteiger partial charge in [-0.3, -0.25) is 14.9 Å². The van der Waals surface area contributed by atoms with Crippen molar-refractivity contribution in [3.05, 3.63) is 33.9 Å². The van der Waals surface area contributed by atoms with Gasteiger partial charge in [0.05, 0.1) is 4.92 Å². The number of likely N-dealkylation sites (tertiary alicyclic amines) is 1. The second kappa shape index (κ2) is 6.56. The number of nitrogens with zero attached hydrogens (tertiary/aromatic N) is 2. The van der Waals surface area contributed by atoms with E-state index in [1.165, 1.54) is 24.6 Å². The number of rotatable bonds is 4. The third-order valence-electron chi connectivity index (χ3n) is 4.05. The minimum Gasteiger partial charge on any atom is -0.399 e. The van der Waals surface area contributed by atoms with Gasteiger partial charge in [0.15, 0.2) is 0 Å². The Hall–Kier alpha value is -2.11. The number of carbonyl (C=O) groups is 1. The number of nitro groups is 1. The van der Waals surface area contributed by atoms with Crippen LogP contribution in [0.5, 0.6) is 0 Å². The Morgan fingerprint density at radius 2 is 2.10 bits per heavy atom. The minimum absolute atomic E-state index is 0.0916. The van der Waals surface area contributed by atoms with E-state index in [0.29, 0.717) is 24.7 Å². The third-order valence-corrected chi connectivity index (χ3v) is 4.05. The molecule has 0 saturated carbocycles. The molecule has 21 heavy (non-hydrogen) atoms. The summed E-state index contributed by atoms with van der Waals surface area (Å²) < 4.78 is 0. The molecule has 0 aliphatic carbocycles. The molecule has 0 unspecified atom stereocenters. The molecule has 1 aromatic rings. The molecule has 2 N–H and O–H groups in total. The quantitative estimate of drug-likeness (QED) is 0.524. The van der Waals surface area contributed by atoms with Gasteiger partial charge in [-0.2, -0.15) is 0 Å². The third kappa shape index (κ3) is 3.51. The lowest BCUT2D eigenvalue weighted by molar-refractivity contribution is -0.385. The summed E-state index contributed by atoms with van der Waals surface area (Å²) in [6, 6.07) is 4.15. The summed E-state index contributed by atoms with van der Waals surface area (Å²) in [4.78, 5) is 24.7. The predicted molar refractivity (Wildman–Crippen MR) is 81.0 cm³/mol. The zero-order chi connectivity index (χ0) is 15.4. The molecule has 1 aromatic carbocycles. The van der Waals surface area contributed by atoms with Crippen molar-refractivity contribution in [2.45, 2.75) is 32.6 Å². The molecule has 1 fully saturated rings. The van der Waals surface area contributed by atoms with Gasteiger partial charge in [-0.1, -0.05) is 19.8 Å². The molecular formula is C15H21N3O3. The first kappa shape index (κ1) is 15.3. The average Bonchev–Trinajstić information content (AvgIpc) is 2.47. The molecular weight excluding hydrogens is 270 g/mol. The van der Waals surface area contributed by atoms with E-state index in [2.05, 4.69) is 6.92 Å². The number of benzene rings is 1. The molecule has 1 heterocycles. The van der Waals surface area contributed by atoms with Crippen molar-refractivity contribution in [1.82, 2.24) is 4.90 Å². The molecule has 1 amide bonds. The van der Waals surface area contributed by atoms with E-state index in [1.54, 1.807) is 4.90 Å². The normalized spacial score (nSPS) is 16.0. The number of nitrogen functional groups attached to an aromatic ring is 1. The van der Waals surface area contributed by atoms with Crippen LogP contribution >= 0.6 is 0 Å². The van der Waals surface area contributed by atoms with Crippen molar-refractivity contribution in [1.29, 1.82) is 0 Å². The number of nitrogens with two attached hydrogens (primary N) is 1. The number of anilines is 1. The van der Waals surface area contributed by atoms with Gasteiger partial charge in [0.25, 0.3) is 11.6 Å². The number of carbonyl (C=O) groups excluding carboxylic acids is 1. The van der Waals surface area contributed by atoms with Gasteiger partial charge in [0.1, 0.15) is 5.56 Å². The highest BCUT2D eigenvalue weighted by Gasteiger charge is 2.28. The van der Waals surface area contributed by atoms with Gasteiger partial charge < -0.3 is 10.6 Å². The van der Waals surface area contributed by atoms with Crippen molar-refractivity contribution in [2.24, 2.45) is 5.92 Å². The number of hydrogen-bond acceptors (Lipinski definition) is 4. The van der Waals surface area contributed by atoms with Crippen LogP contribution in [-0.4, -0.2) is 28.8 Å². The van der Waals surface area contributed by atoms with Gasteiger partial charge in [-0.25, -0.2) is 0 Å². The lowest BCUT2D eigenvalue weighted by atomic mass is 9.92. The fraction of sp³-hybridized carbons (Fsp3) is 0.533. The van der Waals surface area contributed by atoms with Gasteiger partial charge in [-0.15, -0.1) is 0 Å². The Kier molecular flexibility index (Phi) is 4.77. The first-order valence-electron chi connectivity index (χ1n) is 7.36. The maximum absolute atomic E-state index is 12.5. The SMILES string of the molecule is CCCC1CCN(C(=O)c2cc(N)ccc2[N+](=O)[O-])CC1. The van der Waals surface area contributed by atoms with Crippen LogP contribution in [-0.2, 0) is 0 Å². The van der Waals surface area contributed by atoms with E-state index in [0.717, 1.165) is 19.3 Å². The molecule has 0 radical (unpaired) electrons. The van der Waals surface area contributed by atoms with Gasteiger partial charge in [0.2, 0.25) is 0 Å². The van der Waals surface area contributed by atoms with Crippen LogP contribution in [0.1, 0.15) is 43.0 Å². The molecule has 0 bridgehead atoms. The summed E-state index contributed by atoms with van der Waals surface area (Å²) in [6.45, 7) is 3.48. The largest absolute Gasteiger partial charge is 0.399 e. The standard InChI is InChI=1S/C15H21N3O3/c1-2-3-11-6-8-17(9-7-11)15(19)13-10-12(16)4-5-14(13)18(20)21/h4-5,10-11H,2-3,6-9,16H2,1H3. The maximum atomic E-state index is 12.5. The van der Waals surface area contributed by atoms with Crippen LogP contribution in [0, 0.1) is 16.0 Å². The number of nitro benzene ring substituents is 1. The summed E-state index contributed by atoms with van der Waals surface area (Å²) in [5, 5.41) is 11.1. The second-order valence-electron chi connectivity index (χ2n) is 5.56. The Morgan fingerprint density at radius 1 is 1.43 bits per heavy atom. The van der Waals surface area contributed by atoms with Crippen LogP contribution in [0.3, 0.4) is 0 Å². The molecule has 114 valence electrons.